The van der Waals surface area contributed by atoms with Gasteiger partial charge in [0.1, 0.15) is 7.05 Å². The summed E-state index contributed by atoms with van der Waals surface area (Å²) in [6, 6.07) is 22.5. The van der Waals surface area contributed by atoms with Crippen LogP contribution < -0.4 is 4.57 Å². The van der Waals surface area contributed by atoms with Crippen molar-refractivity contribution in [1.82, 2.24) is 4.40 Å². The zero-order valence-corrected chi connectivity index (χ0v) is 27.1. The molecule has 0 aliphatic heterocycles. The maximum Gasteiger partial charge on any atom is 0.224 e. The monoisotopic (exact) mass is 648 g/mol. The minimum Gasteiger partial charge on any atom is -0.307 e. The standard InChI is InChI=1S/C37H35IN3/c1-21-28-16-22(18-36(2,3)4)8-11-25(28)29(19-37(5,6)38)34-31(21)35-32-24(14-15-40(35)7)10-13-27-26-12-9-23(20-39)17-30(26)41(34)33(27)32/h8-17H,18-19H2,1-7H3/q+1. The van der Waals surface area contributed by atoms with Gasteiger partial charge in [-0.15, -0.1) is 0 Å². The zero-order chi connectivity index (χ0) is 29.0. The molecule has 41 heavy (non-hydrogen) atoms. The Bertz CT molecular complexity index is 2250. The molecule has 0 saturated carbocycles. The van der Waals surface area contributed by atoms with Gasteiger partial charge < -0.3 is 4.40 Å². The van der Waals surface area contributed by atoms with Crippen molar-refractivity contribution in [2.45, 2.75) is 57.8 Å². The highest BCUT2D eigenvalue weighted by molar-refractivity contribution is 14.1. The number of aryl methyl sites for hydroxylation is 2. The van der Waals surface area contributed by atoms with Gasteiger partial charge >= 0.3 is 0 Å². The normalized spacial score (nSPS) is 13.0. The van der Waals surface area contributed by atoms with Gasteiger partial charge in [0.2, 0.25) is 5.52 Å². The number of hydrogen-bond acceptors (Lipinski definition) is 1. The number of pyridine rings is 2. The van der Waals surface area contributed by atoms with Crippen molar-refractivity contribution in [3.05, 3.63) is 83.0 Å². The number of halogens is 1. The molecule has 7 rings (SSSR count). The van der Waals surface area contributed by atoms with Gasteiger partial charge in [0.25, 0.3) is 0 Å². The summed E-state index contributed by atoms with van der Waals surface area (Å²) in [4.78, 5) is 0. The second kappa shape index (κ2) is 8.79. The minimum atomic E-state index is 0.0584. The molecule has 0 bridgehead atoms. The van der Waals surface area contributed by atoms with Crippen LogP contribution in [0.1, 0.15) is 56.9 Å². The van der Waals surface area contributed by atoms with Crippen molar-refractivity contribution in [3.63, 3.8) is 0 Å². The van der Waals surface area contributed by atoms with E-state index in [9.17, 15) is 5.26 Å². The lowest BCUT2D eigenvalue weighted by Crippen LogP contribution is -2.29. The van der Waals surface area contributed by atoms with Crippen LogP contribution in [-0.2, 0) is 19.9 Å². The number of benzene rings is 4. The molecule has 3 nitrogen and oxygen atoms in total. The van der Waals surface area contributed by atoms with Crippen LogP contribution in [0, 0.1) is 23.7 Å². The van der Waals surface area contributed by atoms with Gasteiger partial charge in [-0.1, -0.05) is 93.6 Å². The van der Waals surface area contributed by atoms with E-state index in [0.717, 1.165) is 18.4 Å². The third kappa shape index (κ3) is 4.00. The molecular formula is C37H35IN3+. The van der Waals surface area contributed by atoms with Crippen LogP contribution in [0.25, 0.3) is 59.8 Å². The molecule has 0 atom stereocenters. The smallest absolute Gasteiger partial charge is 0.224 e. The van der Waals surface area contributed by atoms with E-state index in [2.05, 4.69) is 141 Å². The van der Waals surface area contributed by atoms with E-state index in [1.807, 2.05) is 6.07 Å². The van der Waals surface area contributed by atoms with Gasteiger partial charge in [-0.05, 0) is 70.2 Å². The largest absolute Gasteiger partial charge is 0.307 e. The summed E-state index contributed by atoms with van der Waals surface area (Å²) in [5.41, 5.74) is 9.93. The third-order valence-corrected chi connectivity index (χ3v) is 9.04. The summed E-state index contributed by atoms with van der Waals surface area (Å²) in [7, 11) is 2.19. The second-order valence-electron chi connectivity index (χ2n) is 13.7. The summed E-state index contributed by atoms with van der Waals surface area (Å²) in [5.74, 6) is 0. The Kier molecular flexibility index (Phi) is 5.67. The van der Waals surface area contributed by atoms with Crippen LogP contribution in [-0.4, -0.2) is 7.82 Å². The molecule has 0 aliphatic rings. The number of nitriles is 1. The number of aromatic nitrogens is 2. The number of hydrogen-bond donors (Lipinski definition) is 0. The Morgan fingerprint density at radius 2 is 1.56 bits per heavy atom. The van der Waals surface area contributed by atoms with Crippen LogP contribution in [0.15, 0.2) is 60.8 Å². The average Bonchev–Trinajstić information content (AvgIpc) is 3.23. The predicted molar refractivity (Wildman–Crippen MR) is 182 cm³/mol. The molecule has 0 radical (unpaired) electrons. The molecule has 0 saturated heterocycles. The van der Waals surface area contributed by atoms with E-state index in [-0.39, 0.29) is 8.84 Å². The Morgan fingerprint density at radius 1 is 0.829 bits per heavy atom. The van der Waals surface area contributed by atoms with Gasteiger partial charge in [0, 0.05) is 20.3 Å². The second-order valence-corrected chi connectivity index (χ2v) is 16.6. The van der Waals surface area contributed by atoms with Gasteiger partial charge in [-0.25, -0.2) is 4.57 Å². The molecule has 204 valence electrons. The quantitative estimate of drug-likeness (QED) is 0.0618. The highest BCUT2D eigenvalue weighted by atomic mass is 127. The average molecular weight is 649 g/mol. The highest BCUT2D eigenvalue weighted by Crippen LogP contribution is 2.45. The van der Waals surface area contributed by atoms with E-state index < -0.39 is 0 Å². The first-order chi connectivity index (χ1) is 19.4. The number of alkyl halides is 1. The van der Waals surface area contributed by atoms with Crippen molar-refractivity contribution in [2.24, 2.45) is 12.5 Å². The van der Waals surface area contributed by atoms with E-state index in [4.69, 9.17) is 0 Å². The van der Waals surface area contributed by atoms with Crippen molar-refractivity contribution < 1.29 is 4.57 Å². The van der Waals surface area contributed by atoms with Gasteiger partial charge in [0.05, 0.1) is 39.0 Å². The van der Waals surface area contributed by atoms with E-state index in [0.29, 0.717) is 5.56 Å². The molecule has 7 aromatic rings. The molecule has 0 aliphatic carbocycles. The van der Waals surface area contributed by atoms with Crippen molar-refractivity contribution in [1.29, 1.82) is 5.26 Å². The zero-order valence-electron chi connectivity index (χ0n) is 24.9. The van der Waals surface area contributed by atoms with Crippen LogP contribution >= 0.6 is 22.6 Å². The Labute approximate surface area is 254 Å². The first kappa shape index (κ1) is 26.5. The molecule has 0 amide bonds. The third-order valence-electron chi connectivity index (χ3n) is 8.66. The van der Waals surface area contributed by atoms with Crippen molar-refractivity contribution >= 4 is 82.4 Å². The molecule has 0 N–H and O–H groups in total. The number of nitrogens with zero attached hydrogens (tertiary/aromatic N) is 3. The summed E-state index contributed by atoms with van der Waals surface area (Å²) >= 11 is 2.61. The fourth-order valence-electron chi connectivity index (χ4n) is 7.17. The van der Waals surface area contributed by atoms with Gasteiger partial charge in [-0.3, -0.25) is 0 Å². The topological polar surface area (TPSA) is 32.1 Å². The number of fused-ring (bicyclic) bond motifs is 7. The fourth-order valence-corrected chi connectivity index (χ4v) is 7.55. The molecule has 4 aromatic carbocycles. The van der Waals surface area contributed by atoms with Crippen molar-refractivity contribution in [3.8, 4) is 6.07 Å². The summed E-state index contributed by atoms with van der Waals surface area (Å²) in [6.07, 6.45) is 4.19. The Balaban J connectivity index is 1.83. The summed E-state index contributed by atoms with van der Waals surface area (Å²) in [5, 5.41) is 18.9. The SMILES string of the molecule is Cc1c2cc(CC(C)(C)C)ccc2c(CC(C)(C)I)c2c1c1c3c(ccc4c5ccc(C#N)cc5n2c43)cc[n+]1C. The molecule has 0 spiro atoms. The maximum absolute atomic E-state index is 9.89. The molecular weight excluding hydrogens is 613 g/mol. The Morgan fingerprint density at radius 3 is 2.27 bits per heavy atom. The van der Waals surface area contributed by atoms with Crippen LogP contribution in [0.2, 0.25) is 0 Å². The maximum atomic E-state index is 9.89. The number of rotatable bonds is 3. The van der Waals surface area contributed by atoms with Crippen molar-refractivity contribution in [2.75, 3.05) is 0 Å². The summed E-state index contributed by atoms with van der Waals surface area (Å²) in [6.45, 7) is 13.9. The lowest BCUT2D eigenvalue weighted by Gasteiger charge is -2.24. The van der Waals surface area contributed by atoms with Crippen LogP contribution in [0.4, 0.5) is 0 Å². The molecule has 0 unspecified atom stereocenters. The molecule has 3 heterocycles. The lowest BCUT2D eigenvalue weighted by molar-refractivity contribution is -0.643. The van der Waals surface area contributed by atoms with E-state index >= 15 is 0 Å². The lowest BCUT2D eigenvalue weighted by atomic mass is 9.84. The van der Waals surface area contributed by atoms with Gasteiger partial charge in [-0.2, -0.15) is 5.26 Å². The molecule has 4 heteroatoms. The van der Waals surface area contributed by atoms with E-state index in [1.165, 1.54) is 70.9 Å². The first-order valence-corrected chi connectivity index (χ1v) is 15.5. The van der Waals surface area contributed by atoms with Crippen LogP contribution in [0.3, 0.4) is 0 Å². The predicted octanol–water partition coefficient (Wildman–Crippen LogP) is 9.49. The Hall–Kier alpha value is -3.43. The molecule has 0 fully saturated rings. The van der Waals surface area contributed by atoms with Crippen LogP contribution in [0.5, 0.6) is 0 Å². The molecule has 3 aromatic heterocycles. The highest BCUT2D eigenvalue weighted by Gasteiger charge is 2.29. The first-order valence-electron chi connectivity index (χ1n) is 14.4. The van der Waals surface area contributed by atoms with Gasteiger partial charge in [0.15, 0.2) is 6.20 Å². The fraction of sp³-hybridized carbons (Fsp3) is 0.297. The minimum absolute atomic E-state index is 0.0584. The summed E-state index contributed by atoms with van der Waals surface area (Å²) < 4.78 is 4.88. The van der Waals surface area contributed by atoms with E-state index in [1.54, 1.807) is 0 Å².